The molecule has 0 radical (unpaired) electrons. The van der Waals surface area contributed by atoms with E-state index in [0.29, 0.717) is 29.6 Å². The first-order valence-corrected chi connectivity index (χ1v) is 11.8. The van der Waals surface area contributed by atoms with Crippen molar-refractivity contribution in [2.45, 2.75) is 76.2 Å². The van der Waals surface area contributed by atoms with Crippen molar-refractivity contribution < 1.29 is 13.9 Å². The van der Waals surface area contributed by atoms with Gasteiger partial charge >= 0.3 is 0 Å². The standard InChI is InChI=1S/C25H35NO4.ClH/c27-23-17-25(19-8-4-3-5-9-19)30-24-12-11-20(16-22(23)24)28-14-7-2-1-6-10-21-18-26-13-15-29-21;/h11-12,16-17,19,21,26H,1-10,13-15,18H2;1H. The van der Waals surface area contributed by atoms with E-state index in [2.05, 4.69) is 5.32 Å². The Morgan fingerprint density at radius 2 is 1.87 bits per heavy atom. The fourth-order valence-corrected chi connectivity index (χ4v) is 4.65. The van der Waals surface area contributed by atoms with Crippen LogP contribution in [0.4, 0.5) is 0 Å². The molecule has 2 aliphatic rings. The monoisotopic (exact) mass is 449 g/mol. The lowest BCUT2D eigenvalue weighted by molar-refractivity contribution is 0.0220. The highest BCUT2D eigenvalue weighted by molar-refractivity contribution is 5.85. The van der Waals surface area contributed by atoms with Crippen molar-refractivity contribution in [3.8, 4) is 5.75 Å². The second kappa shape index (κ2) is 12.5. The molecule has 1 aliphatic heterocycles. The number of morpholine rings is 1. The molecule has 2 fully saturated rings. The van der Waals surface area contributed by atoms with Gasteiger partial charge in [-0.1, -0.05) is 38.5 Å². The predicted molar refractivity (Wildman–Crippen MR) is 127 cm³/mol. The van der Waals surface area contributed by atoms with Crippen LogP contribution in [0.25, 0.3) is 11.0 Å². The minimum atomic E-state index is 0. The SMILES string of the molecule is Cl.O=c1cc(C2CCCCC2)oc2ccc(OCCCCCCC3CNCCO3)cc12. The molecule has 1 saturated carbocycles. The minimum Gasteiger partial charge on any atom is -0.494 e. The Hall–Kier alpha value is -1.56. The van der Waals surface area contributed by atoms with Crippen LogP contribution in [0, 0.1) is 0 Å². The van der Waals surface area contributed by atoms with Gasteiger partial charge in [0.15, 0.2) is 5.43 Å². The Labute approximate surface area is 191 Å². The maximum Gasteiger partial charge on any atom is 0.193 e. The van der Waals surface area contributed by atoms with Crippen LogP contribution in [0.5, 0.6) is 5.75 Å². The van der Waals surface area contributed by atoms with Crippen LogP contribution in [0.15, 0.2) is 33.5 Å². The molecule has 5 nitrogen and oxygen atoms in total. The van der Waals surface area contributed by atoms with Crippen LogP contribution in [0.1, 0.15) is 75.9 Å². The van der Waals surface area contributed by atoms with Gasteiger partial charge in [0.25, 0.3) is 0 Å². The summed E-state index contributed by atoms with van der Waals surface area (Å²) < 4.78 is 17.7. The first kappa shape index (κ1) is 24.1. The van der Waals surface area contributed by atoms with Crippen molar-refractivity contribution in [1.29, 1.82) is 0 Å². The van der Waals surface area contributed by atoms with Crippen LogP contribution < -0.4 is 15.5 Å². The molecule has 0 spiro atoms. The summed E-state index contributed by atoms with van der Waals surface area (Å²) in [6.45, 7) is 3.48. The molecule has 0 amide bonds. The molecule has 1 aromatic carbocycles. The lowest BCUT2D eigenvalue weighted by Crippen LogP contribution is -2.38. The highest BCUT2D eigenvalue weighted by atomic mass is 35.5. The highest BCUT2D eigenvalue weighted by Gasteiger charge is 2.19. The number of ether oxygens (including phenoxy) is 2. The fourth-order valence-electron chi connectivity index (χ4n) is 4.65. The van der Waals surface area contributed by atoms with E-state index in [-0.39, 0.29) is 17.8 Å². The van der Waals surface area contributed by atoms with Gasteiger partial charge in [0.05, 0.1) is 24.7 Å². The van der Waals surface area contributed by atoms with E-state index in [1.807, 2.05) is 18.2 Å². The molecule has 0 bridgehead atoms. The second-order valence-corrected chi connectivity index (χ2v) is 8.75. The van der Waals surface area contributed by atoms with Crippen LogP contribution >= 0.6 is 12.4 Å². The summed E-state index contributed by atoms with van der Waals surface area (Å²) in [6.07, 6.45) is 12.1. The molecule has 1 aliphatic carbocycles. The predicted octanol–water partition coefficient (Wildman–Crippen LogP) is 5.58. The first-order chi connectivity index (χ1) is 14.8. The third-order valence-electron chi connectivity index (χ3n) is 6.42. The molecule has 1 N–H and O–H groups in total. The molecule has 1 atom stereocenters. The molecule has 172 valence electrons. The zero-order valence-corrected chi connectivity index (χ0v) is 19.2. The number of hydrogen-bond donors (Lipinski definition) is 1. The third-order valence-corrected chi connectivity index (χ3v) is 6.42. The quantitative estimate of drug-likeness (QED) is 0.506. The first-order valence-electron chi connectivity index (χ1n) is 11.8. The van der Waals surface area contributed by atoms with E-state index >= 15 is 0 Å². The summed E-state index contributed by atoms with van der Waals surface area (Å²) in [5, 5.41) is 4.00. The molecular formula is C25H36ClNO4. The van der Waals surface area contributed by atoms with Gasteiger partial charge in [-0.3, -0.25) is 4.79 Å². The van der Waals surface area contributed by atoms with Crippen molar-refractivity contribution in [2.24, 2.45) is 0 Å². The minimum absolute atomic E-state index is 0. The molecule has 31 heavy (non-hydrogen) atoms. The Morgan fingerprint density at radius 3 is 2.68 bits per heavy atom. The van der Waals surface area contributed by atoms with Gasteiger partial charge in [0, 0.05) is 25.1 Å². The molecular weight excluding hydrogens is 414 g/mol. The highest BCUT2D eigenvalue weighted by Crippen LogP contribution is 2.33. The lowest BCUT2D eigenvalue weighted by Gasteiger charge is -2.23. The molecule has 1 aromatic heterocycles. The molecule has 1 unspecified atom stereocenters. The van der Waals surface area contributed by atoms with Gasteiger partial charge in [-0.15, -0.1) is 12.4 Å². The van der Waals surface area contributed by atoms with E-state index in [9.17, 15) is 4.79 Å². The number of rotatable bonds is 9. The summed E-state index contributed by atoms with van der Waals surface area (Å²) in [5.41, 5.74) is 0.719. The van der Waals surface area contributed by atoms with Gasteiger partial charge < -0.3 is 19.2 Å². The number of fused-ring (bicyclic) bond motifs is 1. The maximum absolute atomic E-state index is 12.6. The summed E-state index contributed by atoms with van der Waals surface area (Å²) in [5.74, 6) is 2.00. The largest absolute Gasteiger partial charge is 0.494 e. The van der Waals surface area contributed by atoms with Crippen molar-refractivity contribution in [3.63, 3.8) is 0 Å². The van der Waals surface area contributed by atoms with Gasteiger partial charge in [-0.05, 0) is 43.9 Å². The van der Waals surface area contributed by atoms with Crippen molar-refractivity contribution in [2.75, 3.05) is 26.3 Å². The van der Waals surface area contributed by atoms with E-state index in [1.54, 1.807) is 6.07 Å². The van der Waals surface area contributed by atoms with E-state index in [1.165, 1.54) is 32.1 Å². The number of halogens is 1. The number of nitrogens with one attached hydrogen (secondary N) is 1. The van der Waals surface area contributed by atoms with E-state index < -0.39 is 0 Å². The molecule has 1 saturated heterocycles. The van der Waals surface area contributed by atoms with Crippen LogP contribution in [-0.4, -0.2) is 32.4 Å². The maximum atomic E-state index is 12.6. The molecule has 6 heteroatoms. The van der Waals surface area contributed by atoms with Crippen LogP contribution in [0.2, 0.25) is 0 Å². The average molecular weight is 450 g/mol. The van der Waals surface area contributed by atoms with Gasteiger partial charge in [0.2, 0.25) is 0 Å². The van der Waals surface area contributed by atoms with E-state index in [0.717, 1.165) is 63.3 Å². The summed E-state index contributed by atoms with van der Waals surface area (Å²) in [4.78, 5) is 12.6. The second-order valence-electron chi connectivity index (χ2n) is 8.75. The normalized spacial score (nSPS) is 19.8. The molecule has 4 rings (SSSR count). The molecule has 2 aromatic rings. The zero-order valence-electron chi connectivity index (χ0n) is 18.4. The Kier molecular flexibility index (Phi) is 9.69. The van der Waals surface area contributed by atoms with Gasteiger partial charge in [-0.25, -0.2) is 0 Å². The van der Waals surface area contributed by atoms with Crippen LogP contribution in [-0.2, 0) is 4.74 Å². The zero-order chi connectivity index (χ0) is 20.6. The Balaban J connectivity index is 0.00000272. The number of unbranched alkanes of at least 4 members (excludes halogenated alkanes) is 3. The number of hydrogen-bond acceptors (Lipinski definition) is 5. The Morgan fingerprint density at radius 1 is 1.03 bits per heavy atom. The lowest BCUT2D eigenvalue weighted by atomic mass is 9.87. The smallest absolute Gasteiger partial charge is 0.193 e. The summed E-state index contributed by atoms with van der Waals surface area (Å²) in [6, 6.07) is 7.34. The molecule has 2 heterocycles. The summed E-state index contributed by atoms with van der Waals surface area (Å²) >= 11 is 0. The van der Waals surface area contributed by atoms with Gasteiger partial charge in [-0.2, -0.15) is 0 Å². The fraction of sp³-hybridized carbons (Fsp3) is 0.640. The average Bonchev–Trinajstić information content (AvgIpc) is 2.80. The third kappa shape index (κ3) is 6.96. The van der Waals surface area contributed by atoms with Crippen molar-refractivity contribution in [3.05, 3.63) is 40.2 Å². The van der Waals surface area contributed by atoms with Crippen molar-refractivity contribution >= 4 is 23.4 Å². The van der Waals surface area contributed by atoms with Crippen LogP contribution in [0.3, 0.4) is 0 Å². The van der Waals surface area contributed by atoms with E-state index in [4.69, 9.17) is 13.9 Å². The topological polar surface area (TPSA) is 60.7 Å². The van der Waals surface area contributed by atoms with Crippen molar-refractivity contribution in [1.82, 2.24) is 5.32 Å². The number of benzene rings is 1. The summed E-state index contributed by atoms with van der Waals surface area (Å²) in [7, 11) is 0. The Bertz CT molecular complexity index is 856. The van der Waals surface area contributed by atoms with Gasteiger partial charge in [0.1, 0.15) is 17.1 Å².